The number of thioether (sulfide) groups is 1. The van der Waals surface area contributed by atoms with Crippen molar-refractivity contribution in [3.63, 3.8) is 0 Å². The molecule has 1 aromatic carbocycles. The number of hydrogen-bond donors (Lipinski definition) is 1. The van der Waals surface area contributed by atoms with E-state index < -0.39 is 16.2 Å². The summed E-state index contributed by atoms with van der Waals surface area (Å²) in [5.41, 5.74) is 1.73. The summed E-state index contributed by atoms with van der Waals surface area (Å²) in [6.45, 7) is 0. The zero-order chi connectivity index (χ0) is 13.1. The first-order valence-corrected chi connectivity index (χ1v) is 5.55. The van der Waals surface area contributed by atoms with E-state index in [4.69, 9.17) is 0 Å². The molecule has 1 N–H and O–H groups in total. The molecule has 0 radical (unpaired) electrons. The zero-order valence-corrected chi connectivity index (χ0v) is 9.50. The van der Waals surface area contributed by atoms with Gasteiger partial charge in [0.05, 0.1) is 4.92 Å². The second kappa shape index (κ2) is 4.96. The van der Waals surface area contributed by atoms with Crippen molar-refractivity contribution in [3.8, 4) is 0 Å². The zero-order valence-electron chi connectivity index (χ0n) is 8.69. The molecule has 1 aliphatic rings. The number of hydrazine groups is 1. The summed E-state index contributed by atoms with van der Waals surface area (Å²) < 4.78 is 13.6. The van der Waals surface area contributed by atoms with Crippen LogP contribution in [0.1, 0.15) is 0 Å². The van der Waals surface area contributed by atoms with Gasteiger partial charge in [0.15, 0.2) is 5.62 Å². The number of nitro benzene ring substituents is 1. The van der Waals surface area contributed by atoms with Crippen LogP contribution in [-0.2, 0) is 4.79 Å². The number of nitrogens with one attached hydrogen (secondary N) is 1. The minimum atomic E-state index is -0.793. The second-order valence-electron chi connectivity index (χ2n) is 3.14. The summed E-state index contributed by atoms with van der Waals surface area (Å²) in [6.07, 6.45) is 0. The summed E-state index contributed by atoms with van der Waals surface area (Å²) in [5, 5.41) is 18.8. The molecule has 8 nitrogen and oxygen atoms in total. The van der Waals surface area contributed by atoms with Gasteiger partial charge in [0.25, 0.3) is 5.69 Å². The third kappa shape index (κ3) is 2.22. The first-order chi connectivity index (χ1) is 8.63. The highest BCUT2D eigenvalue weighted by Gasteiger charge is 2.27. The van der Waals surface area contributed by atoms with Crippen molar-refractivity contribution in [1.82, 2.24) is 5.53 Å². The smallest absolute Gasteiger partial charge is 0.271 e. The van der Waals surface area contributed by atoms with Crippen molar-refractivity contribution < 1.29 is 14.1 Å². The van der Waals surface area contributed by atoms with Gasteiger partial charge in [-0.3, -0.25) is 14.9 Å². The normalized spacial score (nSPS) is 17.6. The molecule has 0 aromatic heterocycles. The second-order valence-corrected chi connectivity index (χ2v) is 4.02. The van der Waals surface area contributed by atoms with Crippen LogP contribution in [0.2, 0.25) is 0 Å². The molecule has 0 bridgehead atoms. The van der Waals surface area contributed by atoms with Crippen LogP contribution in [-0.4, -0.2) is 16.0 Å². The fraction of sp³-hybridized carbons (Fsp3) is 0.125. The number of nitro groups is 1. The predicted octanol–water partition coefficient (Wildman–Crippen LogP) is 1.63. The van der Waals surface area contributed by atoms with Gasteiger partial charge in [-0.15, -0.1) is 5.11 Å². The van der Waals surface area contributed by atoms with E-state index in [0.717, 1.165) is 35.0 Å². The van der Waals surface area contributed by atoms with E-state index in [2.05, 4.69) is 15.9 Å². The number of benzene rings is 1. The molecule has 1 heterocycles. The van der Waals surface area contributed by atoms with Gasteiger partial charge in [-0.2, -0.15) is 5.53 Å². The minimum absolute atomic E-state index is 0.103. The van der Waals surface area contributed by atoms with Gasteiger partial charge in [-0.05, 0) is 17.8 Å². The van der Waals surface area contributed by atoms with Crippen molar-refractivity contribution in [3.05, 3.63) is 34.1 Å². The third-order valence-electron chi connectivity index (χ3n) is 2.11. The van der Waals surface area contributed by atoms with E-state index in [9.17, 15) is 19.3 Å². The van der Waals surface area contributed by atoms with Gasteiger partial charge < -0.3 is 0 Å². The monoisotopic (exact) mass is 271 g/mol. The number of rotatable bonds is 4. The fourth-order valence-corrected chi connectivity index (χ4v) is 1.82. The maximum Gasteiger partial charge on any atom is 0.271 e. The number of anilines is 1. The molecule has 0 spiro atoms. The van der Waals surface area contributed by atoms with Crippen LogP contribution in [0.5, 0.6) is 0 Å². The average Bonchev–Trinajstić information content (AvgIpc) is 2.78. The lowest BCUT2D eigenvalue weighted by molar-refractivity contribution is -0.384. The summed E-state index contributed by atoms with van der Waals surface area (Å²) in [5.74, 6) is -0.683. The van der Waals surface area contributed by atoms with Crippen molar-refractivity contribution >= 4 is 28.8 Å². The van der Waals surface area contributed by atoms with E-state index in [1.54, 1.807) is 0 Å². The Morgan fingerprint density at radius 2 is 2.39 bits per heavy atom. The maximum atomic E-state index is 13.6. The van der Waals surface area contributed by atoms with Crippen LogP contribution in [0.15, 0.2) is 28.5 Å². The van der Waals surface area contributed by atoms with Crippen LogP contribution in [0.25, 0.3) is 0 Å². The standard InChI is InChI=1S/C8H6FN5O3S/c9-6-2-1-5(14(16)17)3-7(6)13-8(18-4-15)10-11-12-13/h1-4,8H,(H,10,12). The quantitative estimate of drug-likeness (QED) is 0.507. The average molecular weight is 271 g/mol. The molecule has 1 aromatic rings. The van der Waals surface area contributed by atoms with Crippen molar-refractivity contribution in [2.45, 2.75) is 5.50 Å². The molecular formula is C8H6FN5O3S. The minimum Gasteiger partial charge on any atom is -0.291 e. The molecule has 0 fully saturated rings. The molecular weight excluding hydrogens is 265 g/mol. The number of halogens is 1. The Morgan fingerprint density at radius 1 is 1.61 bits per heavy atom. The lowest BCUT2D eigenvalue weighted by Gasteiger charge is -2.20. The van der Waals surface area contributed by atoms with Crippen LogP contribution >= 0.6 is 11.8 Å². The predicted molar refractivity (Wildman–Crippen MR) is 61.7 cm³/mol. The molecule has 18 heavy (non-hydrogen) atoms. The van der Waals surface area contributed by atoms with Crippen LogP contribution in [0.3, 0.4) is 0 Å². The lowest BCUT2D eigenvalue weighted by atomic mass is 10.2. The Morgan fingerprint density at radius 3 is 3.06 bits per heavy atom. The first kappa shape index (κ1) is 12.2. The SMILES string of the molecule is O=CSC1N=NNN1c1cc([N+](=O)[O-])ccc1F. The van der Waals surface area contributed by atoms with Crippen molar-refractivity contribution in [2.75, 3.05) is 5.01 Å². The Bertz CT molecular complexity index is 525. The molecule has 2 rings (SSSR count). The Balaban J connectivity index is 2.35. The van der Waals surface area contributed by atoms with Crippen molar-refractivity contribution in [2.24, 2.45) is 10.3 Å². The van der Waals surface area contributed by atoms with Gasteiger partial charge in [0.1, 0.15) is 11.5 Å². The molecule has 94 valence electrons. The first-order valence-electron chi connectivity index (χ1n) is 4.61. The molecule has 10 heteroatoms. The largest absolute Gasteiger partial charge is 0.291 e. The summed E-state index contributed by atoms with van der Waals surface area (Å²) in [4.78, 5) is 20.4. The highest BCUT2D eigenvalue weighted by Crippen LogP contribution is 2.30. The highest BCUT2D eigenvalue weighted by molar-refractivity contribution is 8.12. The Kier molecular flexibility index (Phi) is 3.37. The molecule has 0 saturated carbocycles. The topological polar surface area (TPSA) is 100 Å². The van der Waals surface area contributed by atoms with E-state index >= 15 is 0 Å². The van der Waals surface area contributed by atoms with E-state index in [1.165, 1.54) is 0 Å². The summed E-state index contributed by atoms with van der Waals surface area (Å²) >= 11 is 0.751. The van der Waals surface area contributed by atoms with Crippen molar-refractivity contribution in [1.29, 1.82) is 0 Å². The number of carbonyl (C=O) groups is 1. The van der Waals surface area contributed by atoms with E-state index in [0.29, 0.717) is 5.62 Å². The molecule has 0 amide bonds. The third-order valence-corrected chi connectivity index (χ3v) is 2.77. The number of carbonyl (C=O) groups excluding carboxylic acids is 1. The molecule has 1 unspecified atom stereocenters. The van der Waals surface area contributed by atoms with Gasteiger partial charge in [0, 0.05) is 12.1 Å². The van der Waals surface area contributed by atoms with E-state index in [1.807, 2.05) is 0 Å². The number of hydrogen-bond acceptors (Lipinski definition) is 8. The molecule has 1 aliphatic heterocycles. The van der Waals surface area contributed by atoms with Gasteiger partial charge in [-0.25, -0.2) is 9.40 Å². The van der Waals surface area contributed by atoms with Crippen LogP contribution < -0.4 is 10.5 Å². The molecule has 1 atom stereocenters. The van der Waals surface area contributed by atoms with Crippen LogP contribution in [0.4, 0.5) is 15.8 Å². The maximum absolute atomic E-state index is 13.6. The summed E-state index contributed by atoms with van der Waals surface area (Å²) in [7, 11) is 0. The molecule has 0 saturated heterocycles. The highest BCUT2D eigenvalue weighted by atomic mass is 32.2. The number of non-ortho nitro benzene ring substituents is 1. The van der Waals surface area contributed by atoms with E-state index in [-0.39, 0.29) is 11.4 Å². The molecule has 0 aliphatic carbocycles. The Hall–Kier alpha value is -2.23. The number of nitrogens with zero attached hydrogens (tertiary/aromatic N) is 4. The van der Waals surface area contributed by atoms with Crippen LogP contribution in [0, 0.1) is 15.9 Å². The van der Waals surface area contributed by atoms with Gasteiger partial charge in [-0.1, -0.05) is 5.22 Å². The lowest BCUT2D eigenvalue weighted by Crippen LogP contribution is -2.36. The summed E-state index contributed by atoms with van der Waals surface area (Å²) in [6, 6.07) is 3.05. The Labute approximate surface area is 104 Å². The van der Waals surface area contributed by atoms with Gasteiger partial charge in [0.2, 0.25) is 5.50 Å². The fourth-order valence-electron chi connectivity index (χ4n) is 1.33. The van der Waals surface area contributed by atoms with Gasteiger partial charge >= 0.3 is 0 Å².